The molecule has 7 heteroatoms. The number of aromatic carboxylic acids is 1. The minimum atomic E-state index is -1.24. The Labute approximate surface area is 94.4 Å². The Hall–Kier alpha value is -2.57. The highest BCUT2D eigenvalue weighted by Crippen LogP contribution is 2.33. The first-order valence-corrected chi connectivity index (χ1v) is 4.52. The Bertz CT molecular complexity index is 615. The van der Waals surface area contributed by atoms with E-state index in [-0.39, 0.29) is 22.8 Å². The number of nitro benzene ring substituents is 1. The van der Waals surface area contributed by atoms with Crippen LogP contribution in [0.5, 0.6) is 5.75 Å². The van der Waals surface area contributed by atoms with Crippen molar-refractivity contribution in [2.24, 2.45) is 0 Å². The summed E-state index contributed by atoms with van der Waals surface area (Å²) in [5.74, 6) is -1.41. The lowest BCUT2D eigenvalue weighted by molar-refractivity contribution is -0.384. The normalized spacial score (nSPS) is 10.4. The highest BCUT2D eigenvalue weighted by atomic mass is 16.6. The minimum Gasteiger partial charge on any atom is -0.493 e. The number of rotatable bonds is 3. The highest BCUT2D eigenvalue weighted by Gasteiger charge is 2.18. The molecule has 0 unspecified atom stereocenters. The standard InChI is InChI=1S/C10H7NO6/c1-16-7-4-6(11(14)15)2-5-3-8(10(12)13)17-9(5)7/h2-4H,1H3,(H,12,13). The number of nitrogens with zero attached hydrogens (tertiary/aromatic N) is 1. The van der Waals surface area contributed by atoms with E-state index in [2.05, 4.69) is 0 Å². The zero-order valence-corrected chi connectivity index (χ0v) is 8.67. The van der Waals surface area contributed by atoms with Crippen LogP contribution < -0.4 is 4.74 Å². The third-order valence-corrected chi connectivity index (χ3v) is 2.21. The first kappa shape index (κ1) is 10.9. The van der Waals surface area contributed by atoms with Crippen LogP contribution in [0.25, 0.3) is 11.0 Å². The number of non-ortho nitro benzene ring substituents is 1. The van der Waals surface area contributed by atoms with Crippen LogP contribution in [0.2, 0.25) is 0 Å². The van der Waals surface area contributed by atoms with Crippen molar-refractivity contribution in [3.8, 4) is 5.75 Å². The predicted molar refractivity (Wildman–Crippen MR) is 56.4 cm³/mol. The third kappa shape index (κ3) is 1.78. The van der Waals surface area contributed by atoms with Crippen molar-refractivity contribution in [1.82, 2.24) is 0 Å². The summed E-state index contributed by atoms with van der Waals surface area (Å²) in [6.07, 6.45) is 0. The summed E-state index contributed by atoms with van der Waals surface area (Å²) in [6, 6.07) is 3.62. The Morgan fingerprint density at radius 3 is 2.71 bits per heavy atom. The van der Waals surface area contributed by atoms with Crippen molar-refractivity contribution in [2.45, 2.75) is 0 Å². The maximum absolute atomic E-state index is 10.7. The van der Waals surface area contributed by atoms with E-state index in [9.17, 15) is 14.9 Å². The second-order valence-electron chi connectivity index (χ2n) is 3.24. The van der Waals surface area contributed by atoms with Crippen molar-refractivity contribution in [1.29, 1.82) is 0 Å². The summed E-state index contributed by atoms with van der Waals surface area (Å²) < 4.78 is 9.96. The fourth-order valence-electron chi connectivity index (χ4n) is 1.47. The van der Waals surface area contributed by atoms with Gasteiger partial charge in [-0.3, -0.25) is 10.1 Å². The molecule has 0 saturated carbocycles. The zero-order chi connectivity index (χ0) is 12.6. The molecule has 1 heterocycles. The van der Waals surface area contributed by atoms with E-state index in [0.717, 1.165) is 0 Å². The highest BCUT2D eigenvalue weighted by molar-refractivity contribution is 5.94. The van der Waals surface area contributed by atoms with Gasteiger partial charge < -0.3 is 14.3 Å². The molecule has 0 spiro atoms. The number of fused-ring (bicyclic) bond motifs is 1. The van der Waals surface area contributed by atoms with E-state index in [1.807, 2.05) is 0 Å². The van der Waals surface area contributed by atoms with Gasteiger partial charge in [-0.1, -0.05) is 0 Å². The van der Waals surface area contributed by atoms with Gasteiger partial charge >= 0.3 is 5.97 Å². The average Bonchev–Trinajstić information content (AvgIpc) is 2.71. The number of benzene rings is 1. The van der Waals surface area contributed by atoms with Gasteiger partial charge in [-0.05, 0) is 6.07 Å². The lowest BCUT2D eigenvalue weighted by Crippen LogP contribution is -1.91. The average molecular weight is 237 g/mol. The summed E-state index contributed by atoms with van der Waals surface area (Å²) >= 11 is 0. The molecular weight excluding hydrogens is 230 g/mol. The molecule has 0 radical (unpaired) electrons. The molecule has 7 nitrogen and oxygen atoms in total. The van der Waals surface area contributed by atoms with Gasteiger partial charge in [0.1, 0.15) is 0 Å². The molecular formula is C10H7NO6. The third-order valence-electron chi connectivity index (χ3n) is 2.21. The lowest BCUT2D eigenvalue weighted by atomic mass is 10.2. The SMILES string of the molecule is COc1cc([N+](=O)[O-])cc2cc(C(=O)O)oc12. The van der Waals surface area contributed by atoms with Crippen LogP contribution in [-0.4, -0.2) is 23.1 Å². The van der Waals surface area contributed by atoms with Crippen LogP contribution in [0.4, 0.5) is 5.69 Å². The van der Waals surface area contributed by atoms with Crippen LogP contribution >= 0.6 is 0 Å². The summed E-state index contributed by atoms with van der Waals surface area (Å²) in [5, 5.41) is 19.7. The monoisotopic (exact) mass is 237 g/mol. The Kier molecular flexibility index (Phi) is 2.43. The van der Waals surface area contributed by atoms with Crippen LogP contribution in [0.3, 0.4) is 0 Å². The van der Waals surface area contributed by atoms with Gasteiger partial charge in [0.05, 0.1) is 18.1 Å². The van der Waals surface area contributed by atoms with Crippen molar-refractivity contribution in [3.63, 3.8) is 0 Å². The number of carbonyl (C=O) groups is 1. The number of hydrogen-bond donors (Lipinski definition) is 1. The van der Waals surface area contributed by atoms with Crippen molar-refractivity contribution in [3.05, 3.63) is 34.1 Å². The number of methoxy groups -OCH3 is 1. The van der Waals surface area contributed by atoms with Crippen molar-refractivity contribution < 1.29 is 24.0 Å². The second-order valence-corrected chi connectivity index (χ2v) is 3.24. The van der Waals surface area contributed by atoms with Crippen LogP contribution in [-0.2, 0) is 0 Å². The zero-order valence-electron chi connectivity index (χ0n) is 8.67. The summed E-state index contributed by atoms with van der Waals surface area (Å²) in [5.41, 5.74) is -0.0115. The number of furan rings is 1. The summed E-state index contributed by atoms with van der Waals surface area (Å²) in [7, 11) is 1.32. The fourth-order valence-corrected chi connectivity index (χ4v) is 1.47. The van der Waals surface area contributed by atoms with Gasteiger partial charge in [0.25, 0.3) is 5.69 Å². The minimum absolute atomic E-state index is 0.127. The van der Waals surface area contributed by atoms with E-state index in [4.69, 9.17) is 14.3 Å². The predicted octanol–water partition coefficient (Wildman–Crippen LogP) is 2.05. The molecule has 1 aromatic carbocycles. The molecule has 0 bridgehead atoms. The molecule has 0 atom stereocenters. The molecule has 0 amide bonds. The molecule has 0 aliphatic heterocycles. The molecule has 17 heavy (non-hydrogen) atoms. The van der Waals surface area contributed by atoms with Gasteiger partial charge in [0.15, 0.2) is 11.3 Å². The summed E-state index contributed by atoms with van der Waals surface area (Å²) in [4.78, 5) is 20.8. The van der Waals surface area contributed by atoms with Crippen LogP contribution in [0.1, 0.15) is 10.6 Å². The van der Waals surface area contributed by atoms with E-state index >= 15 is 0 Å². The van der Waals surface area contributed by atoms with Gasteiger partial charge in [0.2, 0.25) is 5.76 Å². The first-order valence-electron chi connectivity index (χ1n) is 4.52. The molecule has 2 aromatic rings. The van der Waals surface area contributed by atoms with Crippen LogP contribution in [0.15, 0.2) is 22.6 Å². The number of ether oxygens (including phenoxy) is 1. The van der Waals surface area contributed by atoms with Crippen molar-refractivity contribution in [2.75, 3.05) is 7.11 Å². The number of carboxylic acid groups (broad SMARTS) is 1. The Morgan fingerprint density at radius 2 is 2.18 bits per heavy atom. The van der Waals surface area contributed by atoms with E-state index < -0.39 is 10.9 Å². The van der Waals surface area contributed by atoms with Crippen molar-refractivity contribution >= 4 is 22.6 Å². The molecule has 1 aromatic heterocycles. The smallest absolute Gasteiger partial charge is 0.371 e. The molecule has 0 aliphatic rings. The fraction of sp³-hybridized carbons (Fsp3) is 0.100. The topological polar surface area (TPSA) is 103 Å². The summed E-state index contributed by atoms with van der Waals surface area (Å²) in [6.45, 7) is 0. The van der Waals surface area contributed by atoms with Gasteiger partial charge in [0, 0.05) is 11.5 Å². The van der Waals surface area contributed by atoms with Gasteiger partial charge in [-0.2, -0.15) is 0 Å². The molecule has 0 aliphatic carbocycles. The van der Waals surface area contributed by atoms with E-state index in [1.165, 1.54) is 25.3 Å². The quantitative estimate of drug-likeness (QED) is 0.647. The van der Waals surface area contributed by atoms with E-state index in [0.29, 0.717) is 5.39 Å². The van der Waals surface area contributed by atoms with Crippen LogP contribution in [0, 0.1) is 10.1 Å². The Balaban J connectivity index is 2.73. The number of carboxylic acids is 1. The molecule has 1 N–H and O–H groups in total. The molecule has 0 fully saturated rings. The number of hydrogen-bond acceptors (Lipinski definition) is 5. The van der Waals surface area contributed by atoms with Gasteiger partial charge in [-0.25, -0.2) is 4.79 Å². The van der Waals surface area contributed by atoms with Gasteiger partial charge in [-0.15, -0.1) is 0 Å². The van der Waals surface area contributed by atoms with E-state index in [1.54, 1.807) is 0 Å². The first-order chi connectivity index (χ1) is 8.02. The molecule has 0 saturated heterocycles. The molecule has 88 valence electrons. The Morgan fingerprint density at radius 1 is 1.47 bits per heavy atom. The maximum atomic E-state index is 10.7. The second kappa shape index (κ2) is 3.78. The molecule has 2 rings (SSSR count). The lowest BCUT2D eigenvalue weighted by Gasteiger charge is -1.99. The number of nitro groups is 1. The largest absolute Gasteiger partial charge is 0.493 e. The maximum Gasteiger partial charge on any atom is 0.371 e.